The number of aliphatic carboxylic acids is 2. The zero-order valence-electron chi connectivity index (χ0n) is 6.27. The van der Waals surface area contributed by atoms with Crippen molar-refractivity contribution in [1.29, 1.82) is 0 Å². The van der Waals surface area contributed by atoms with Crippen molar-refractivity contribution in [3.8, 4) is 0 Å². The van der Waals surface area contributed by atoms with Crippen molar-refractivity contribution in [2.75, 3.05) is 0 Å². The number of hydrogen-bond acceptors (Lipinski definition) is 4. The van der Waals surface area contributed by atoms with E-state index in [1.807, 2.05) is 0 Å². The van der Waals surface area contributed by atoms with Gasteiger partial charge in [-0.3, -0.25) is 14.4 Å². The lowest BCUT2D eigenvalue weighted by molar-refractivity contribution is -0.149. The van der Waals surface area contributed by atoms with E-state index in [-0.39, 0.29) is 0 Å². The van der Waals surface area contributed by atoms with E-state index < -0.39 is 28.9 Å². The molecule has 0 aliphatic carbocycles. The molecule has 0 fully saturated rings. The number of rotatable bonds is 4. The molecular formula is C6H8O5S. The summed E-state index contributed by atoms with van der Waals surface area (Å²) in [6.07, 6.45) is -0.819. The van der Waals surface area contributed by atoms with E-state index in [0.717, 1.165) is 6.92 Å². The average Bonchev–Trinajstić information content (AvgIpc) is 1.84. The molecule has 0 aliphatic heterocycles. The second kappa shape index (κ2) is 3.57. The van der Waals surface area contributed by atoms with E-state index in [0.29, 0.717) is 0 Å². The van der Waals surface area contributed by atoms with Crippen LogP contribution < -0.4 is 0 Å². The molecule has 0 saturated carbocycles. The lowest BCUT2D eigenvalue weighted by atomic mass is 10.0. The average molecular weight is 192 g/mol. The van der Waals surface area contributed by atoms with Crippen LogP contribution in [-0.2, 0) is 14.4 Å². The molecule has 1 atom stereocenters. The molecule has 0 amide bonds. The van der Waals surface area contributed by atoms with Crippen LogP contribution in [0.5, 0.6) is 0 Å². The summed E-state index contributed by atoms with van der Waals surface area (Å²) in [6.45, 7) is 0.990. The van der Waals surface area contributed by atoms with Crippen LogP contribution in [0.25, 0.3) is 0 Å². The molecule has 6 heteroatoms. The second-order valence-corrected chi connectivity index (χ2v) is 3.06. The van der Waals surface area contributed by atoms with Gasteiger partial charge in [-0.1, -0.05) is 0 Å². The van der Waals surface area contributed by atoms with Gasteiger partial charge in [0.15, 0.2) is 10.5 Å². The molecule has 68 valence electrons. The Labute approximate surface area is 73.8 Å². The minimum absolute atomic E-state index is 0.791. The summed E-state index contributed by atoms with van der Waals surface area (Å²) in [5.74, 6) is -3.70. The van der Waals surface area contributed by atoms with Crippen LogP contribution in [-0.4, -0.2) is 32.7 Å². The molecule has 5 nitrogen and oxygen atoms in total. The lowest BCUT2D eigenvalue weighted by Crippen LogP contribution is -2.41. The molecule has 0 aromatic rings. The summed E-state index contributed by atoms with van der Waals surface area (Å²) in [5.41, 5.74) is 0. The van der Waals surface area contributed by atoms with Gasteiger partial charge in [-0.25, -0.2) is 0 Å². The molecular weight excluding hydrogens is 184 g/mol. The van der Waals surface area contributed by atoms with Crippen molar-refractivity contribution in [3.05, 3.63) is 0 Å². The van der Waals surface area contributed by atoms with Crippen molar-refractivity contribution >= 4 is 30.4 Å². The zero-order chi connectivity index (χ0) is 9.94. The van der Waals surface area contributed by atoms with Crippen molar-refractivity contribution in [3.63, 3.8) is 0 Å². The molecule has 0 rings (SSSR count). The Hall–Kier alpha value is -1.04. The predicted octanol–water partition coefficient (Wildman–Crippen LogP) is -0.197. The van der Waals surface area contributed by atoms with Crippen LogP contribution in [0, 0.1) is 0 Å². The van der Waals surface area contributed by atoms with Crippen LogP contribution in [0.1, 0.15) is 13.3 Å². The number of ketones is 1. The molecule has 0 heterocycles. The topological polar surface area (TPSA) is 91.7 Å². The SMILES string of the molecule is CC(=O)[C@@](S)(CC(=O)O)C(=O)O. The Morgan fingerprint density at radius 3 is 1.83 bits per heavy atom. The number of carboxylic acids is 2. The van der Waals surface area contributed by atoms with E-state index in [4.69, 9.17) is 10.2 Å². The number of carbonyl (C=O) groups excluding carboxylic acids is 1. The zero-order valence-corrected chi connectivity index (χ0v) is 7.17. The fourth-order valence-corrected chi connectivity index (χ4v) is 0.705. The molecule has 0 aliphatic rings. The van der Waals surface area contributed by atoms with E-state index in [2.05, 4.69) is 12.6 Å². The van der Waals surface area contributed by atoms with Crippen molar-refractivity contribution < 1.29 is 24.6 Å². The lowest BCUT2D eigenvalue weighted by Gasteiger charge is -2.17. The second-order valence-electron chi connectivity index (χ2n) is 2.29. The van der Waals surface area contributed by atoms with Crippen molar-refractivity contribution in [2.45, 2.75) is 18.1 Å². The quantitative estimate of drug-likeness (QED) is 0.424. The molecule has 0 spiro atoms. The van der Waals surface area contributed by atoms with E-state index >= 15 is 0 Å². The number of Topliss-reactive ketones (excluding diaryl/α,β-unsaturated/α-hetero) is 1. The first-order valence-corrected chi connectivity index (χ1v) is 3.44. The fraction of sp³-hybridized carbons (Fsp3) is 0.500. The molecule has 0 bridgehead atoms. The predicted molar refractivity (Wildman–Crippen MR) is 42.3 cm³/mol. The van der Waals surface area contributed by atoms with Gasteiger partial charge in [0, 0.05) is 0 Å². The maximum atomic E-state index is 10.7. The smallest absolute Gasteiger partial charge is 0.327 e. The van der Waals surface area contributed by atoms with Gasteiger partial charge in [0.25, 0.3) is 0 Å². The Morgan fingerprint density at radius 1 is 1.33 bits per heavy atom. The van der Waals surface area contributed by atoms with Gasteiger partial charge in [-0.05, 0) is 6.92 Å². The summed E-state index contributed by atoms with van der Waals surface area (Å²) in [7, 11) is 0. The summed E-state index contributed by atoms with van der Waals surface area (Å²) in [4.78, 5) is 31.3. The minimum Gasteiger partial charge on any atom is -0.481 e. The van der Waals surface area contributed by atoms with Crippen LogP contribution in [0.2, 0.25) is 0 Å². The van der Waals surface area contributed by atoms with Gasteiger partial charge >= 0.3 is 11.9 Å². The first-order chi connectivity index (χ1) is 5.30. The molecule has 0 radical (unpaired) electrons. The molecule has 2 N–H and O–H groups in total. The maximum Gasteiger partial charge on any atom is 0.327 e. The largest absolute Gasteiger partial charge is 0.481 e. The first kappa shape index (κ1) is 11.0. The molecule has 12 heavy (non-hydrogen) atoms. The summed E-state index contributed by atoms with van der Waals surface area (Å²) >= 11 is 3.52. The Kier molecular flexibility index (Phi) is 3.26. The highest BCUT2D eigenvalue weighted by Gasteiger charge is 2.41. The molecule has 0 aromatic heterocycles. The van der Waals surface area contributed by atoms with Crippen LogP contribution >= 0.6 is 12.6 Å². The molecule has 0 aromatic carbocycles. The highest BCUT2D eigenvalue weighted by molar-refractivity contribution is 7.83. The third-order valence-corrected chi connectivity index (χ3v) is 2.01. The summed E-state index contributed by atoms with van der Waals surface area (Å²) in [5, 5.41) is 16.8. The number of thiol groups is 1. The Balaban J connectivity index is 4.75. The van der Waals surface area contributed by atoms with Gasteiger partial charge in [-0.15, -0.1) is 0 Å². The Morgan fingerprint density at radius 2 is 1.75 bits per heavy atom. The van der Waals surface area contributed by atoms with Gasteiger partial charge in [0.05, 0.1) is 6.42 Å². The fourth-order valence-electron chi connectivity index (χ4n) is 0.570. The van der Waals surface area contributed by atoms with Crippen molar-refractivity contribution in [2.24, 2.45) is 0 Å². The van der Waals surface area contributed by atoms with Gasteiger partial charge in [-0.2, -0.15) is 12.6 Å². The number of carbonyl (C=O) groups is 3. The summed E-state index contributed by atoms with van der Waals surface area (Å²) < 4.78 is -2.11. The third kappa shape index (κ3) is 2.23. The monoisotopic (exact) mass is 192 g/mol. The number of carboxylic acid groups (broad SMARTS) is 2. The standard InChI is InChI=1S/C6H8O5S/c1-3(7)6(12,5(10)11)2-4(8)9/h12H,2H2,1H3,(H,8,9)(H,10,11)/t6-/m0/s1. The van der Waals surface area contributed by atoms with Gasteiger partial charge < -0.3 is 10.2 Å². The van der Waals surface area contributed by atoms with Crippen LogP contribution in [0.3, 0.4) is 0 Å². The highest BCUT2D eigenvalue weighted by atomic mass is 32.1. The molecule has 0 unspecified atom stereocenters. The summed E-state index contributed by atoms with van der Waals surface area (Å²) in [6, 6.07) is 0. The van der Waals surface area contributed by atoms with E-state index in [1.54, 1.807) is 0 Å². The maximum absolute atomic E-state index is 10.7. The highest BCUT2D eigenvalue weighted by Crippen LogP contribution is 2.20. The molecule has 0 saturated heterocycles. The van der Waals surface area contributed by atoms with Gasteiger partial charge in [0.2, 0.25) is 0 Å². The minimum atomic E-state index is -2.11. The number of hydrogen-bond donors (Lipinski definition) is 3. The first-order valence-electron chi connectivity index (χ1n) is 2.99. The normalized spacial score (nSPS) is 14.8. The van der Waals surface area contributed by atoms with Crippen LogP contribution in [0.15, 0.2) is 0 Å². The van der Waals surface area contributed by atoms with Crippen molar-refractivity contribution in [1.82, 2.24) is 0 Å². The van der Waals surface area contributed by atoms with Gasteiger partial charge in [0.1, 0.15) is 0 Å². The van der Waals surface area contributed by atoms with E-state index in [9.17, 15) is 14.4 Å². The van der Waals surface area contributed by atoms with E-state index in [1.165, 1.54) is 0 Å². The Bertz CT molecular complexity index is 220. The van der Waals surface area contributed by atoms with Crippen LogP contribution in [0.4, 0.5) is 0 Å². The third-order valence-electron chi connectivity index (χ3n) is 1.34.